The van der Waals surface area contributed by atoms with Crippen LogP contribution in [0.15, 0.2) is 29.8 Å². The zero-order valence-electron chi connectivity index (χ0n) is 12.7. The summed E-state index contributed by atoms with van der Waals surface area (Å²) >= 11 is 0. The van der Waals surface area contributed by atoms with Crippen molar-refractivity contribution in [2.24, 2.45) is 0 Å². The van der Waals surface area contributed by atoms with Gasteiger partial charge in [0.15, 0.2) is 11.6 Å². The van der Waals surface area contributed by atoms with Crippen LogP contribution in [0, 0.1) is 10.1 Å². The fraction of sp³-hybridized carbons (Fsp3) is 0.333. The van der Waals surface area contributed by atoms with Crippen LogP contribution in [0.25, 0.3) is 6.08 Å². The van der Waals surface area contributed by atoms with Crippen molar-refractivity contribution in [3.8, 4) is 0 Å². The molecule has 0 N–H and O–H groups in total. The van der Waals surface area contributed by atoms with Gasteiger partial charge in [-0.3, -0.25) is 19.7 Å². The minimum absolute atomic E-state index is 0. The summed E-state index contributed by atoms with van der Waals surface area (Å²) < 4.78 is 0. The summed E-state index contributed by atoms with van der Waals surface area (Å²) in [6.45, 7) is 1.90. The number of carbonyl (C=O) groups is 2. The molecule has 0 atom stereocenters. The summed E-state index contributed by atoms with van der Waals surface area (Å²) in [4.78, 5) is 35.6. The third-order valence-electron chi connectivity index (χ3n) is 2.88. The molecule has 0 fully saturated rings. The number of nitrogens with zero attached hydrogens (tertiary/aromatic N) is 2. The Labute approximate surface area is 139 Å². The van der Waals surface area contributed by atoms with E-state index in [1.54, 1.807) is 0 Å². The SMILES string of the molecule is Br.CC(=O)/C(=C\c1ccc([N+](=O)[O-])cc1)C(=O)CCN(C)C. The van der Waals surface area contributed by atoms with Crippen LogP contribution >= 0.6 is 17.0 Å². The highest BCUT2D eigenvalue weighted by molar-refractivity contribution is 8.93. The standard InChI is InChI=1S/C15H18N2O4.BrH/c1-11(18)14(15(19)8-9-16(2)3)10-12-4-6-13(7-5-12)17(20)21;/h4-7,10H,8-9H2,1-3H3;1H/b14-10+;. The second kappa shape index (κ2) is 9.22. The molecule has 0 amide bonds. The number of nitro benzene ring substituents is 1. The van der Waals surface area contributed by atoms with Crippen molar-refractivity contribution in [1.29, 1.82) is 0 Å². The van der Waals surface area contributed by atoms with Crippen molar-refractivity contribution in [3.63, 3.8) is 0 Å². The smallest absolute Gasteiger partial charge is 0.269 e. The minimum atomic E-state index is -0.498. The van der Waals surface area contributed by atoms with E-state index in [4.69, 9.17) is 0 Å². The number of Topliss-reactive ketones (excluding diaryl/α,β-unsaturated/α-hetero) is 2. The third-order valence-corrected chi connectivity index (χ3v) is 2.88. The summed E-state index contributed by atoms with van der Waals surface area (Å²) in [6.07, 6.45) is 1.73. The molecule has 7 heteroatoms. The lowest BCUT2D eigenvalue weighted by molar-refractivity contribution is -0.384. The normalized spacial score (nSPS) is 11.0. The van der Waals surface area contributed by atoms with Crippen LogP contribution in [0.5, 0.6) is 0 Å². The maximum absolute atomic E-state index is 12.0. The highest BCUT2D eigenvalue weighted by Gasteiger charge is 2.14. The van der Waals surface area contributed by atoms with E-state index in [1.807, 2.05) is 19.0 Å². The average Bonchev–Trinajstić information content (AvgIpc) is 2.42. The molecular weight excluding hydrogens is 352 g/mol. The highest BCUT2D eigenvalue weighted by atomic mass is 79.9. The van der Waals surface area contributed by atoms with Gasteiger partial charge >= 0.3 is 0 Å². The summed E-state index contributed by atoms with van der Waals surface area (Å²) in [5.41, 5.74) is 0.671. The molecule has 0 saturated heterocycles. The van der Waals surface area contributed by atoms with Crippen molar-refractivity contribution in [1.82, 2.24) is 4.90 Å². The van der Waals surface area contributed by atoms with Gasteiger partial charge in [-0.2, -0.15) is 0 Å². The number of allylic oxidation sites excluding steroid dienone is 1. The third kappa shape index (κ3) is 6.28. The molecule has 0 spiro atoms. The zero-order valence-corrected chi connectivity index (χ0v) is 14.4. The number of benzene rings is 1. The van der Waals surface area contributed by atoms with E-state index >= 15 is 0 Å². The average molecular weight is 371 g/mol. The number of nitro groups is 1. The Balaban J connectivity index is 0.00000441. The molecule has 0 aliphatic rings. The molecular formula is C15H19BrN2O4. The lowest BCUT2D eigenvalue weighted by atomic mass is 10.0. The van der Waals surface area contributed by atoms with Crippen molar-refractivity contribution in [2.45, 2.75) is 13.3 Å². The molecule has 0 aliphatic carbocycles. The van der Waals surface area contributed by atoms with E-state index in [0.29, 0.717) is 12.1 Å². The summed E-state index contributed by atoms with van der Waals surface area (Å²) in [5, 5.41) is 10.6. The van der Waals surface area contributed by atoms with Crippen molar-refractivity contribution < 1.29 is 14.5 Å². The van der Waals surface area contributed by atoms with Crippen molar-refractivity contribution >= 4 is 40.3 Å². The van der Waals surface area contributed by atoms with E-state index in [2.05, 4.69) is 0 Å². The van der Waals surface area contributed by atoms with Gasteiger partial charge in [0, 0.05) is 25.1 Å². The van der Waals surface area contributed by atoms with E-state index in [0.717, 1.165) is 0 Å². The van der Waals surface area contributed by atoms with E-state index in [-0.39, 0.29) is 46.2 Å². The molecule has 120 valence electrons. The molecule has 0 aliphatic heterocycles. The van der Waals surface area contributed by atoms with Crippen LogP contribution in [0.1, 0.15) is 18.9 Å². The van der Waals surface area contributed by atoms with Crippen LogP contribution in [-0.4, -0.2) is 42.0 Å². The Kier molecular flexibility index (Phi) is 8.44. The molecule has 0 saturated carbocycles. The number of halogens is 1. The van der Waals surface area contributed by atoms with Gasteiger partial charge in [-0.15, -0.1) is 17.0 Å². The predicted octanol–water partition coefficient (Wildman–Crippen LogP) is 2.67. The van der Waals surface area contributed by atoms with Gasteiger partial charge < -0.3 is 4.90 Å². The summed E-state index contributed by atoms with van der Waals surface area (Å²) in [5.74, 6) is -0.535. The molecule has 6 nitrogen and oxygen atoms in total. The van der Waals surface area contributed by atoms with Crippen LogP contribution < -0.4 is 0 Å². The number of carbonyl (C=O) groups excluding carboxylic acids is 2. The number of hydrogen-bond acceptors (Lipinski definition) is 5. The molecule has 22 heavy (non-hydrogen) atoms. The van der Waals surface area contributed by atoms with Crippen molar-refractivity contribution in [2.75, 3.05) is 20.6 Å². The number of ketones is 2. The fourth-order valence-corrected chi connectivity index (χ4v) is 1.70. The van der Waals surface area contributed by atoms with Crippen LogP contribution in [0.2, 0.25) is 0 Å². The lowest BCUT2D eigenvalue weighted by Gasteiger charge is -2.09. The Morgan fingerprint density at radius 1 is 1.23 bits per heavy atom. The molecule has 1 rings (SSSR count). The van der Waals surface area contributed by atoms with Gasteiger partial charge in [-0.25, -0.2) is 0 Å². The van der Waals surface area contributed by atoms with Gasteiger partial charge in [0.25, 0.3) is 5.69 Å². The molecule has 1 aromatic rings. The second-order valence-corrected chi connectivity index (χ2v) is 4.94. The van der Waals surface area contributed by atoms with Crippen LogP contribution in [-0.2, 0) is 9.59 Å². The van der Waals surface area contributed by atoms with Gasteiger partial charge in [0.2, 0.25) is 0 Å². The summed E-state index contributed by atoms with van der Waals surface area (Å²) in [6, 6.07) is 5.71. The largest absolute Gasteiger partial charge is 0.309 e. The quantitative estimate of drug-likeness (QED) is 0.242. The van der Waals surface area contributed by atoms with Gasteiger partial charge in [-0.1, -0.05) is 0 Å². The van der Waals surface area contributed by atoms with Crippen LogP contribution in [0.4, 0.5) is 5.69 Å². The minimum Gasteiger partial charge on any atom is -0.309 e. The first kappa shape index (κ1) is 20.1. The lowest BCUT2D eigenvalue weighted by Crippen LogP contribution is -2.19. The number of hydrogen-bond donors (Lipinski definition) is 0. The van der Waals surface area contributed by atoms with Gasteiger partial charge in [-0.05, 0) is 44.8 Å². The van der Waals surface area contributed by atoms with Crippen molar-refractivity contribution in [3.05, 3.63) is 45.5 Å². The highest BCUT2D eigenvalue weighted by Crippen LogP contribution is 2.15. The Hall–Kier alpha value is -1.86. The number of rotatable bonds is 7. The monoisotopic (exact) mass is 370 g/mol. The second-order valence-electron chi connectivity index (χ2n) is 4.94. The van der Waals surface area contributed by atoms with E-state index < -0.39 is 4.92 Å². The molecule has 1 aromatic carbocycles. The van der Waals surface area contributed by atoms with E-state index in [1.165, 1.54) is 37.3 Å². The van der Waals surface area contributed by atoms with E-state index in [9.17, 15) is 19.7 Å². The predicted molar refractivity (Wildman–Crippen MR) is 90.3 cm³/mol. The molecule has 0 heterocycles. The van der Waals surface area contributed by atoms with Gasteiger partial charge in [0.1, 0.15) is 0 Å². The fourth-order valence-electron chi connectivity index (χ4n) is 1.70. The molecule has 0 radical (unpaired) electrons. The molecule has 0 aromatic heterocycles. The summed E-state index contributed by atoms with van der Waals surface area (Å²) in [7, 11) is 3.70. The molecule has 0 bridgehead atoms. The Morgan fingerprint density at radius 2 is 1.77 bits per heavy atom. The first-order chi connectivity index (χ1) is 9.81. The Bertz CT molecular complexity index is 580. The topological polar surface area (TPSA) is 80.5 Å². The maximum atomic E-state index is 12.0. The van der Waals surface area contributed by atoms with Gasteiger partial charge in [0.05, 0.1) is 10.5 Å². The molecule has 0 unspecified atom stereocenters. The number of non-ortho nitro benzene ring substituents is 1. The zero-order chi connectivity index (χ0) is 16.0. The Morgan fingerprint density at radius 3 is 2.18 bits per heavy atom. The maximum Gasteiger partial charge on any atom is 0.269 e. The first-order valence-electron chi connectivity index (χ1n) is 6.46. The van der Waals surface area contributed by atoms with Crippen LogP contribution in [0.3, 0.4) is 0 Å². The first-order valence-corrected chi connectivity index (χ1v) is 6.46.